The largest absolute Gasteiger partial charge is 0.284 e. The summed E-state index contributed by atoms with van der Waals surface area (Å²) in [4.78, 5) is 7.34. The first-order chi connectivity index (χ1) is 6.49. The fraction of sp³-hybridized carbons (Fsp3) is 1.00. The highest BCUT2D eigenvalue weighted by atomic mass is 32.2. The monoisotopic (exact) mass is 221 g/mol. The van der Waals surface area contributed by atoms with Crippen LogP contribution in [0.3, 0.4) is 0 Å². The highest BCUT2D eigenvalue weighted by Crippen LogP contribution is 2.20. The fourth-order valence-electron chi connectivity index (χ4n) is 1.62. The molecule has 0 heterocycles. The standard InChI is InChI=1S/C9H19NO3S/c1-8(2)7-14(11,12)10-13-9-5-3-4-6-9/h8-10H,3-7H2,1-2H3. The zero-order valence-corrected chi connectivity index (χ0v) is 9.64. The highest BCUT2D eigenvalue weighted by Gasteiger charge is 2.19. The smallest absolute Gasteiger partial charge is 0.233 e. The predicted molar refractivity (Wildman–Crippen MR) is 55.1 cm³/mol. The summed E-state index contributed by atoms with van der Waals surface area (Å²) < 4.78 is 22.7. The average molecular weight is 221 g/mol. The van der Waals surface area contributed by atoms with Crippen LogP contribution in [0.25, 0.3) is 0 Å². The molecule has 0 unspecified atom stereocenters. The van der Waals surface area contributed by atoms with Gasteiger partial charge in [0.1, 0.15) is 0 Å². The van der Waals surface area contributed by atoms with Gasteiger partial charge in [-0.2, -0.15) is 0 Å². The van der Waals surface area contributed by atoms with Crippen LogP contribution in [0.2, 0.25) is 0 Å². The SMILES string of the molecule is CC(C)CS(=O)(=O)NOC1CCCC1. The van der Waals surface area contributed by atoms with Gasteiger partial charge >= 0.3 is 0 Å². The van der Waals surface area contributed by atoms with E-state index in [1.54, 1.807) is 0 Å². The van der Waals surface area contributed by atoms with Gasteiger partial charge in [-0.1, -0.05) is 31.6 Å². The summed E-state index contributed by atoms with van der Waals surface area (Å²) in [5.74, 6) is 0.249. The topological polar surface area (TPSA) is 55.4 Å². The molecule has 1 saturated carbocycles. The quantitative estimate of drug-likeness (QED) is 0.715. The van der Waals surface area contributed by atoms with Crippen LogP contribution in [0, 0.1) is 5.92 Å². The van der Waals surface area contributed by atoms with E-state index >= 15 is 0 Å². The predicted octanol–water partition coefficient (Wildman–Crippen LogP) is 1.44. The van der Waals surface area contributed by atoms with E-state index in [0.717, 1.165) is 25.7 Å². The van der Waals surface area contributed by atoms with E-state index in [0.29, 0.717) is 0 Å². The molecule has 0 spiro atoms. The molecule has 84 valence electrons. The molecular weight excluding hydrogens is 202 g/mol. The van der Waals surface area contributed by atoms with E-state index in [9.17, 15) is 8.42 Å². The number of hydrogen-bond donors (Lipinski definition) is 1. The maximum Gasteiger partial charge on any atom is 0.233 e. The third kappa shape index (κ3) is 4.39. The van der Waals surface area contributed by atoms with Crippen molar-refractivity contribution in [3.63, 3.8) is 0 Å². The van der Waals surface area contributed by atoms with Crippen LogP contribution in [0.15, 0.2) is 0 Å². The van der Waals surface area contributed by atoms with Crippen molar-refractivity contribution in [3.8, 4) is 0 Å². The second-order valence-corrected chi connectivity index (χ2v) is 6.01. The molecule has 5 heteroatoms. The average Bonchev–Trinajstić information content (AvgIpc) is 2.50. The van der Waals surface area contributed by atoms with E-state index in [-0.39, 0.29) is 17.8 Å². The normalized spacial score (nSPS) is 19.4. The summed E-state index contributed by atoms with van der Waals surface area (Å²) in [6.45, 7) is 3.74. The molecule has 0 aromatic carbocycles. The van der Waals surface area contributed by atoms with Gasteiger partial charge in [0.15, 0.2) is 0 Å². The van der Waals surface area contributed by atoms with Crippen molar-refractivity contribution < 1.29 is 13.3 Å². The second kappa shape index (κ2) is 5.09. The maximum absolute atomic E-state index is 11.4. The van der Waals surface area contributed by atoms with Crippen LogP contribution >= 0.6 is 0 Å². The lowest BCUT2D eigenvalue weighted by atomic mass is 10.3. The first-order valence-corrected chi connectivity index (χ1v) is 6.80. The van der Waals surface area contributed by atoms with Crippen LogP contribution in [0.4, 0.5) is 0 Å². The van der Waals surface area contributed by atoms with E-state index in [4.69, 9.17) is 4.84 Å². The molecule has 1 aliphatic carbocycles. The summed E-state index contributed by atoms with van der Waals surface area (Å²) >= 11 is 0. The number of hydrogen-bond acceptors (Lipinski definition) is 3. The highest BCUT2D eigenvalue weighted by molar-refractivity contribution is 7.89. The zero-order chi connectivity index (χ0) is 10.6. The molecule has 0 saturated heterocycles. The first kappa shape index (κ1) is 11.9. The Labute approximate surface area is 86.0 Å². The fourth-order valence-corrected chi connectivity index (χ4v) is 2.85. The summed E-state index contributed by atoms with van der Waals surface area (Å²) in [6.07, 6.45) is 4.28. The second-order valence-electron chi connectivity index (χ2n) is 4.28. The molecule has 1 rings (SSSR count). The summed E-state index contributed by atoms with van der Waals surface area (Å²) in [6, 6.07) is 0. The Morgan fingerprint density at radius 2 is 1.93 bits per heavy atom. The number of rotatable bonds is 5. The van der Waals surface area contributed by atoms with Crippen molar-refractivity contribution in [2.24, 2.45) is 5.92 Å². The van der Waals surface area contributed by atoms with E-state index in [2.05, 4.69) is 4.89 Å². The van der Waals surface area contributed by atoms with E-state index in [1.165, 1.54) is 0 Å². The lowest BCUT2D eigenvalue weighted by Gasteiger charge is -2.12. The first-order valence-electron chi connectivity index (χ1n) is 5.15. The molecule has 0 bridgehead atoms. The minimum atomic E-state index is -3.24. The van der Waals surface area contributed by atoms with Gasteiger partial charge in [-0.3, -0.25) is 4.84 Å². The van der Waals surface area contributed by atoms with Gasteiger partial charge in [-0.15, -0.1) is 0 Å². The van der Waals surface area contributed by atoms with Gasteiger partial charge in [0.2, 0.25) is 10.0 Å². The molecule has 4 nitrogen and oxygen atoms in total. The molecule has 1 aliphatic rings. The number of nitrogens with one attached hydrogen (secondary N) is 1. The lowest BCUT2D eigenvalue weighted by Crippen LogP contribution is -2.31. The zero-order valence-electron chi connectivity index (χ0n) is 8.82. The Balaban J connectivity index is 2.28. The van der Waals surface area contributed by atoms with Gasteiger partial charge in [-0.25, -0.2) is 8.42 Å². The van der Waals surface area contributed by atoms with Crippen LogP contribution in [-0.2, 0) is 14.9 Å². The van der Waals surface area contributed by atoms with Gasteiger partial charge in [0.25, 0.3) is 0 Å². The molecule has 0 radical (unpaired) electrons. The molecule has 1 N–H and O–H groups in total. The molecular formula is C9H19NO3S. The van der Waals surface area contributed by atoms with E-state index in [1.807, 2.05) is 13.8 Å². The van der Waals surface area contributed by atoms with Crippen LogP contribution < -0.4 is 4.89 Å². The summed E-state index contributed by atoms with van der Waals surface area (Å²) in [7, 11) is -3.24. The molecule has 0 aromatic heterocycles. The Bertz CT molecular complexity index is 255. The van der Waals surface area contributed by atoms with Gasteiger partial charge in [0, 0.05) is 0 Å². The molecule has 0 aliphatic heterocycles. The van der Waals surface area contributed by atoms with Crippen molar-refractivity contribution in [3.05, 3.63) is 0 Å². The van der Waals surface area contributed by atoms with Crippen LogP contribution in [0.1, 0.15) is 39.5 Å². The molecule has 0 atom stereocenters. The Hall–Kier alpha value is -0.130. The van der Waals surface area contributed by atoms with Gasteiger partial charge in [0.05, 0.1) is 11.9 Å². The van der Waals surface area contributed by atoms with E-state index < -0.39 is 10.0 Å². The van der Waals surface area contributed by atoms with Crippen molar-refractivity contribution in [2.45, 2.75) is 45.6 Å². The minimum Gasteiger partial charge on any atom is -0.284 e. The van der Waals surface area contributed by atoms with Crippen molar-refractivity contribution >= 4 is 10.0 Å². The Morgan fingerprint density at radius 3 is 2.43 bits per heavy atom. The van der Waals surface area contributed by atoms with Crippen molar-refractivity contribution in [1.29, 1.82) is 0 Å². The van der Waals surface area contributed by atoms with Crippen LogP contribution in [0.5, 0.6) is 0 Å². The Kier molecular flexibility index (Phi) is 4.34. The van der Waals surface area contributed by atoms with Gasteiger partial charge < -0.3 is 0 Å². The number of sulfonamides is 1. The molecule has 14 heavy (non-hydrogen) atoms. The molecule has 0 amide bonds. The summed E-state index contributed by atoms with van der Waals surface area (Å²) in [5.41, 5.74) is 0. The minimum absolute atomic E-state index is 0.0805. The third-order valence-corrected chi connectivity index (χ3v) is 3.65. The third-order valence-electron chi connectivity index (χ3n) is 2.20. The lowest BCUT2D eigenvalue weighted by molar-refractivity contribution is 0.0222. The van der Waals surface area contributed by atoms with Crippen molar-refractivity contribution in [1.82, 2.24) is 4.89 Å². The maximum atomic E-state index is 11.4. The summed E-state index contributed by atoms with van der Waals surface area (Å²) in [5, 5.41) is 0. The molecule has 1 fully saturated rings. The van der Waals surface area contributed by atoms with Crippen molar-refractivity contribution in [2.75, 3.05) is 5.75 Å². The van der Waals surface area contributed by atoms with Crippen LogP contribution in [-0.4, -0.2) is 20.3 Å². The Morgan fingerprint density at radius 1 is 1.36 bits per heavy atom. The molecule has 0 aromatic rings. The van der Waals surface area contributed by atoms with Gasteiger partial charge in [-0.05, 0) is 18.8 Å².